The molecule has 0 radical (unpaired) electrons. The smallest absolute Gasteiger partial charge is 0.265 e. The van der Waals surface area contributed by atoms with E-state index in [0.29, 0.717) is 0 Å². The second-order valence-corrected chi connectivity index (χ2v) is 13.9. The Morgan fingerprint density at radius 2 is 1.61 bits per heavy atom. The van der Waals surface area contributed by atoms with E-state index >= 15 is 0 Å². The predicted molar refractivity (Wildman–Crippen MR) is 189 cm³/mol. The van der Waals surface area contributed by atoms with E-state index in [1.807, 2.05) is 6.08 Å². The number of allylic oxidation sites excluding steroid dienone is 5. The van der Waals surface area contributed by atoms with E-state index < -0.39 is 0 Å². The van der Waals surface area contributed by atoms with Gasteiger partial charge in [0, 0.05) is 22.2 Å². The van der Waals surface area contributed by atoms with Crippen molar-refractivity contribution in [2.24, 2.45) is 5.41 Å². The van der Waals surface area contributed by atoms with E-state index in [1.165, 1.54) is 34.2 Å². The van der Waals surface area contributed by atoms with Crippen LogP contribution in [0.3, 0.4) is 0 Å². The average molecular weight is 616 g/mol. The summed E-state index contributed by atoms with van der Waals surface area (Å²) in [5.41, 5.74) is 12.9. The van der Waals surface area contributed by atoms with Crippen LogP contribution in [0.4, 0.5) is 17.1 Å². The SMILES string of the molecule is [C-]#[N+]/C(C#N)=C1C=C(/C=C/c2ccc(-c3ccc4c(c3)C(C)(C)c3ccccc3N4c3ccccc3)c3nsnc23)CC(C)(C)C\1. The highest BCUT2D eigenvalue weighted by molar-refractivity contribution is 7.00. The molecule has 0 saturated carbocycles. The largest absolute Gasteiger partial charge is 0.310 e. The summed E-state index contributed by atoms with van der Waals surface area (Å²) in [6.45, 7) is 16.4. The van der Waals surface area contributed by atoms with Gasteiger partial charge >= 0.3 is 0 Å². The van der Waals surface area contributed by atoms with Crippen LogP contribution >= 0.6 is 11.7 Å². The number of nitrogens with zero attached hydrogens (tertiary/aromatic N) is 5. The fraction of sp³-hybridized carbons (Fsp3) is 0.200. The summed E-state index contributed by atoms with van der Waals surface area (Å²) in [6, 6.07) is 32.4. The minimum Gasteiger partial charge on any atom is -0.310 e. The van der Waals surface area contributed by atoms with E-state index in [0.717, 1.165) is 57.4 Å². The second kappa shape index (κ2) is 11.2. The number of anilines is 3. The van der Waals surface area contributed by atoms with Gasteiger partial charge in [-0.3, -0.25) is 0 Å². The maximum Gasteiger partial charge on any atom is 0.265 e. The van der Waals surface area contributed by atoms with Crippen molar-refractivity contribution in [3.05, 3.63) is 142 Å². The van der Waals surface area contributed by atoms with E-state index in [1.54, 1.807) is 0 Å². The molecular formula is C40H33N5S. The van der Waals surface area contributed by atoms with E-state index in [2.05, 4.69) is 141 Å². The topological polar surface area (TPSA) is 57.2 Å². The molecule has 0 amide bonds. The van der Waals surface area contributed by atoms with Crippen LogP contribution < -0.4 is 4.90 Å². The summed E-state index contributed by atoms with van der Waals surface area (Å²) < 4.78 is 9.50. The zero-order valence-electron chi connectivity index (χ0n) is 26.4. The maximum atomic E-state index is 9.47. The molecule has 0 N–H and O–H groups in total. The molecule has 224 valence electrons. The summed E-state index contributed by atoms with van der Waals surface area (Å²) in [5.74, 6) is 0. The molecule has 6 heteroatoms. The van der Waals surface area contributed by atoms with Crippen molar-refractivity contribution in [1.82, 2.24) is 8.75 Å². The normalized spacial score (nSPS) is 17.5. The molecular weight excluding hydrogens is 583 g/mol. The third-order valence-electron chi connectivity index (χ3n) is 9.21. The first-order chi connectivity index (χ1) is 22.2. The van der Waals surface area contributed by atoms with Crippen molar-refractivity contribution in [3.63, 3.8) is 0 Å². The zero-order chi connectivity index (χ0) is 32.1. The highest BCUT2D eigenvalue weighted by Gasteiger charge is 2.37. The van der Waals surface area contributed by atoms with Crippen LogP contribution in [0.15, 0.2) is 114 Å². The highest BCUT2D eigenvalue weighted by Crippen LogP contribution is 2.52. The number of rotatable bonds is 4. The molecule has 7 rings (SSSR count). The summed E-state index contributed by atoms with van der Waals surface area (Å²) >= 11 is 1.23. The maximum absolute atomic E-state index is 9.47. The Labute approximate surface area is 274 Å². The Hall–Kier alpha value is -5.30. The molecule has 2 heterocycles. The predicted octanol–water partition coefficient (Wildman–Crippen LogP) is 10.9. The van der Waals surface area contributed by atoms with Crippen molar-refractivity contribution in [2.75, 3.05) is 4.90 Å². The standard InChI is InChI=1S/C40H33N5S/c1-39(2)23-26(21-29(24-39)34(25-41)42-5)15-16-27-17-19-31(38-37(27)43-46-44-38)28-18-20-36-33(22-28)40(3,4)32-13-9-10-14-35(32)45(36)30-11-7-6-8-12-30/h6-22H,23-24H2,1-4H3/b16-15+,34-29+. The average Bonchev–Trinajstić information content (AvgIpc) is 3.55. The van der Waals surface area contributed by atoms with Crippen LogP contribution in [0, 0.1) is 23.3 Å². The van der Waals surface area contributed by atoms with Gasteiger partial charge < -0.3 is 4.90 Å². The first-order valence-corrected chi connectivity index (χ1v) is 16.2. The van der Waals surface area contributed by atoms with Crippen molar-refractivity contribution in [3.8, 4) is 17.2 Å². The number of aromatic nitrogens is 2. The van der Waals surface area contributed by atoms with Gasteiger partial charge in [-0.2, -0.15) is 8.75 Å². The summed E-state index contributed by atoms with van der Waals surface area (Å²) in [6.07, 6.45) is 7.79. The van der Waals surface area contributed by atoms with Crippen LogP contribution in [0.5, 0.6) is 0 Å². The third kappa shape index (κ3) is 5.02. The molecule has 0 unspecified atom stereocenters. The molecule has 5 aromatic rings. The lowest BCUT2D eigenvalue weighted by Gasteiger charge is -2.42. The number of hydrogen-bond donors (Lipinski definition) is 0. The number of nitriles is 1. The Morgan fingerprint density at radius 3 is 2.39 bits per heavy atom. The van der Waals surface area contributed by atoms with Crippen molar-refractivity contribution in [1.29, 1.82) is 5.26 Å². The fourth-order valence-corrected chi connectivity index (χ4v) is 7.64. The Morgan fingerprint density at radius 1 is 0.870 bits per heavy atom. The first kappa shape index (κ1) is 29.4. The number of benzene rings is 4. The molecule has 5 nitrogen and oxygen atoms in total. The minimum absolute atomic E-state index is 0.0330. The van der Waals surface area contributed by atoms with Crippen LogP contribution in [0.2, 0.25) is 0 Å². The molecule has 4 aromatic carbocycles. The van der Waals surface area contributed by atoms with Gasteiger partial charge in [-0.05, 0) is 76.4 Å². The van der Waals surface area contributed by atoms with Crippen molar-refractivity contribution < 1.29 is 0 Å². The summed E-state index contributed by atoms with van der Waals surface area (Å²) in [4.78, 5) is 5.84. The molecule has 0 spiro atoms. The number of hydrogen-bond acceptors (Lipinski definition) is 5. The monoisotopic (exact) mass is 615 g/mol. The number of fused-ring (bicyclic) bond motifs is 3. The van der Waals surface area contributed by atoms with Gasteiger partial charge in [-0.1, -0.05) is 101 Å². The van der Waals surface area contributed by atoms with Gasteiger partial charge in [-0.25, -0.2) is 10.1 Å². The van der Waals surface area contributed by atoms with Gasteiger partial charge in [-0.15, -0.1) is 0 Å². The van der Waals surface area contributed by atoms with Crippen LogP contribution in [-0.4, -0.2) is 8.75 Å². The summed E-state index contributed by atoms with van der Waals surface area (Å²) in [7, 11) is 0. The Bertz CT molecular complexity index is 2170. The third-order valence-corrected chi connectivity index (χ3v) is 9.74. The van der Waals surface area contributed by atoms with Gasteiger partial charge in [0.1, 0.15) is 11.0 Å². The van der Waals surface area contributed by atoms with Gasteiger partial charge in [0.05, 0.1) is 35.7 Å². The summed E-state index contributed by atoms with van der Waals surface area (Å²) in [5, 5.41) is 9.47. The van der Waals surface area contributed by atoms with Crippen molar-refractivity contribution in [2.45, 2.75) is 46.0 Å². The van der Waals surface area contributed by atoms with Gasteiger partial charge in [0.25, 0.3) is 5.70 Å². The van der Waals surface area contributed by atoms with Crippen LogP contribution in [0.25, 0.3) is 33.1 Å². The van der Waals surface area contributed by atoms with Gasteiger partial charge in [0.15, 0.2) is 0 Å². The molecule has 46 heavy (non-hydrogen) atoms. The van der Waals surface area contributed by atoms with E-state index in [-0.39, 0.29) is 16.5 Å². The quantitative estimate of drug-likeness (QED) is 0.149. The molecule has 1 aliphatic carbocycles. The lowest BCUT2D eigenvalue weighted by molar-refractivity contribution is 0.354. The highest BCUT2D eigenvalue weighted by atomic mass is 32.1. The Balaban J connectivity index is 1.30. The molecule has 1 aliphatic heterocycles. The first-order valence-electron chi connectivity index (χ1n) is 15.4. The molecule has 0 fully saturated rings. The fourth-order valence-electron chi connectivity index (χ4n) is 7.06. The molecule has 0 bridgehead atoms. The van der Waals surface area contributed by atoms with Crippen molar-refractivity contribution >= 4 is 45.9 Å². The second-order valence-electron chi connectivity index (χ2n) is 13.4. The molecule has 1 aromatic heterocycles. The lowest BCUT2D eigenvalue weighted by atomic mass is 9.73. The molecule has 0 atom stereocenters. The van der Waals surface area contributed by atoms with E-state index in [9.17, 15) is 5.26 Å². The Kier molecular flexibility index (Phi) is 7.19. The zero-order valence-corrected chi connectivity index (χ0v) is 27.2. The number of para-hydroxylation sites is 2. The minimum atomic E-state index is -0.206. The molecule has 2 aliphatic rings. The molecule has 0 saturated heterocycles. The van der Waals surface area contributed by atoms with E-state index in [4.69, 9.17) is 15.3 Å². The van der Waals surface area contributed by atoms with Gasteiger partial charge in [0.2, 0.25) is 0 Å². The van der Waals surface area contributed by atoms with Crippen LogP contribution in [-0.2, 0) is 5.41 Å². The lowest BCUT2D eigenvalue weighted by Crippen LogP contribution is -2.30. The van der Waals surface area contributed by atoms with Crippen LogP contribution in [0.1, 0.15) is 57.2 Å².